The zero-order chi connectivity index (χ0) is 19.5. The highest BCUT2D eigenvalue weighted by atomic mass is 16.5. The first kappa shape index (κ1) is 19.4. The number of likely N-dealkylation sites (N-methyl/N-ethyl adjacent to an activating group) is 1. The number of rotatable bonds is 5. The maximum atomic E-state index is 13.0. The van der Waals surface area contributed by atoms with Gasteiger partial charge in [-0.15, -0.1) is 0 Å². The molecular weight excluding hydrogens is 354 g/mol. The van der Waals surface area contributed by atoms with Gasteiger partial charge in [-0.2, -0.15) is 0 Å². The summed E-state index contributed by atoms with van der Waals surface area (Å²) in [5.41, 5.74) is 2.48. The number of benzene rings is 1. The summed E-state index contributed by atoms with van der Waals surface area (Å²) in [6.45, 7) is 2.73. The van der Waals surface area contributed by atoms with Gasteiger partial charge in [-0.05, 0) is 30.4 Å². The Labute approximate surface area is 167 Å². The molecule has 3 aliphatic rings. The summed E-state index contributed by atoms with van der Waals surface area (Å²) in [5.74, 6) is 0.0101. The highest BCUT2D eigenvalue weighted by Crippen LogP contribution is 2.29. The molecule has 2 amide bonds. The summed E-state index contributed by atoms with van der Waals surface area (Å²) in [5, 5.41) is 2.95. The van der Waals surface area contributed by atoms with Crippen LogP contribution >= 0.6 is 0 Å². The minimum absolute atomic E-state index is 0.000776. The molecule has 2 atom stereocenters. The van der Waals surface area contributed by atoms with E-state index in [0.717, 1.165) is 25.8 Å². The SMILES string of the molecule is CN(C[C@H]1OCCc2ccccc21)C(=O)C[C@@H]1C(=O)NCCN1C1CCCC1. The topological polar surface area (TPSA) is 61.9 Å². The van der Waals surface area contributed by atoms with Crippen LogP contribution in [0.3, 0.4) is 0 Å². The Morgan fingerprint density at radius 1 is 1.29 bits per heavy atom. The van der Waals surface area contributed by atoms with E-state index in [1.165, 1.54) is 24.0 Å². The fourth-order valence-electron chi connectivity index (χ4n) is 4.92. The predicted octanol–water partition coefficient (Wildman–Crippen LogP) is 1.89. The minimum Gasteiger partial charge on any atom is -0.371 e. The second-order valence-electron chi connectivity index (χ2n) is 8.27. The lowest BCUT2D eigenvalue weighted by molar-refractivity contribution is -0.140. The second kappa shape index (κ2) is 8.62. The maximum Gasteiger partial charge on any atom is 0.237 e. The average Bonchev–Trinajstić information content (AvgIpc) is 3.24. The molecule has 4 rings (SSSR count). The van der Waals surface area contributed by atoms with Crippen LogP contribution in [0.25, 0.3) is 0 Å². The first-order valence-corrected chi connectivity index (χ1v) is 10.6. The number of nitrogens with zero attached hydrogens (tertiary/aromatic N) is 2. The zero-order valence-electron chi connectivity index (χ0n) is 16.7. The smallest absolute Gasteiger partial charge is 0.237 e. The van der Waals surface area contributed by atoms with Crippen LogP contribution in [-0.4, -0.2) is 67.0 Å². The van der Waals surface area contributed by atoms with E-state index < -0.39 is 0 Å². The van der Waals surface area contributed by atoms with E-state index >= 15 is 0 Å². The molecule has 1 saturated carbocycles. The quantitative estimate of drug-likeness (QED) is 0.841. The number of nitrogens with one attached hydrogen (secondary N) is 1. The lowest BCUT2D eigenvalue weighted by Gasteiger charge is -2.39. The predicted molar refractivity (Wildman–Crippen MR) is 107 cm³/mol. The van der Waals surface area contributed by atoms with Gasteiger partial charge < -0.3 is 15.0 Å². The molecule has 0 unspecified atom stereocenters. The van der Waals surface area contributed by atoms with Gasteiger partial charge in [0.2, 0.25) is 11.8 Å². The number of carbonyl (C=O) groups is 2. The van der Waals surface area contributed by atoms with E-state index in [9.17, 15) is 9.59 Å². The molecule has 1 N–H and O–H groups in total. The average molecular weight is 386 g/mol. The third kappa shape index (κ3) is 4.08. The van der Waals surface area contributed by atoms with E-state index in [1.54, 1.807) is 4.90 Å². The van der Waals surface area contributed by atoms with Gasteiger partial charge in [0.15, 0.2) is 0 Å². The van der Waals surface area contributed by atoms with Crippen LogP contribution < -0.4 is 5.32 Å². The number of amides is 2. The lowest BCUT2D eigenvalue weighted by atomic mass is 9.97. The van der Waals surface area contributed by atoms with Gasteiger partial charge in [0.25, 0.3) is 0 Å². The molecule has 0 aromatic heterocycles. The van der Waals surface area contributed by atoms with Crippen molar-refractivity contribution in [2.24, 2.45) is 0 Å². The molecule has 2 aliphatic heterocycles. The summed E-state index contributed by atoms with van der Waals surface area (Å²) < 4.78 is 5.96. The Balaban J connectivity index is 1.40. The Morgan fingerprint density at radius 3 is 2.89 bits per heavy atom. The second-order valence-corrected chi connectivity index (χ2v) is 8.27. The third-order valence-corrected chi connectivity index (χ3v) is 6.49. The van der Waals surface area contributed by atoms with Crippen LogP contribution in [0.5, 0.6) is 0 Å². The summed E-state index contributed by atoms with van der Waals surface area (Å²) in [6.07, 6.45) is 5.80. The van der Waals surface area contributed by atoms with Crippen LogP contribution in [0.4, 0.5) is 0 Å². The first-order chi connectivity index (χ1) is 13.6. The van der Waals surface area contributed by atoms with Gasteiger partial charge in [0.05, 0.1) is 25.6 Å². The summed E-state index contributed by atoms with van der Waals surface area (Å²) in [7, 11) is 1.82. The number of hydrogen-bond donors (Lipinski definition) is 1. The van der Waals surface area contributed by atoms with Crippen molar-refractivity contribution in [3.05, 3.63) is 35.4 Å². The fourth-order valence-corrected chi connectivity index (χ4v) is 4.92. The Morgan fingerprint density at radius 2 is 2.07 bits per heavy atom. The van der Waals surface area contributed by atoms with Crippen molar-refractivity contribution in [3.8, 4) is 0 Å². The van der Waals surface area contributed by atoms with Crippen LogP contribution in [-0.2, 0) is 20.7 Å². The van der Waals surface area contributed by atoms with Crippen molar-refractivity contribution in [1.82, 2.24) is 15.1 Å². The van der Waals surface area contributed by atoms with Crippen molar-refractivity contribution in [2.75, 3.05) is 33.3 Å². The van der Waals surface area contributed by atoms with Crippen molar-refractivity contribution in [3.63, 3.8) is 0 Å². The molecule has 1 aliphatic carbocycles. The van der Waals surface area contributed by atoms with Gasteiger partial charge in [-0.25, -0.2) is 0 Å². The maximum absolute atomic E-state index is 13.0. The van der Waals surface area contributed by atoms with E-state index in [2.05, 4.69) is 28.4 Å². The summed E-state index contributed by atoms with van der Waals surface area (Å²) in [4.78, 5) is 29.5. The van der Waals surface area contributed by atoms with Crippen molar-refractivity contribution in [1.29, 1.82) is 0 Å². The molecule has 0 bridgehead atoms. The molecule has 0 spiro atoms. The first-order valence-electron chi connectivity index (χ1n) is 10.6. The highest BCUT2D eigenvalue weighted by Gasteiger charge is 2.37. The van der Waals surface area contributed by atoms with Crippen molar-refractivity contribution >= 4 is 11.8 Å². The van der Waals surface area contributed by atoms with Gasteiger partial charge in [-0.1, -0.05) is 37.1 Å². The van der Waals surface area contributed by atoms with Gasteiger partial charge in [0, 0.05) is 26.2 Å². The van der Waals surface area contributed by atoms with Crippen molar-refractivity contribution < 1.29 is 14.3 Å². The van der Waals surface area contributed by atoms with E-state index in [-0.39, 0.29) is 30.4 Å². The number of carbonyl (C=O) groups excluding carboxylic acids is 2. The fraction of sp³-hybridized carbons (Fsp3) is 0.636. The molecule has 6 heteroatoms. The van der Waals surface area contributed by atoms with Crippen LogP contribution in [0.2, 0.25) is 0 Å². The largest absolute Gasteiger partial charge is 0.371 e. The zero-order valence-corrected chi connectivity index (χ0v) is 16.7. The number of hydrogen-bond acceptors (Lipinski definition) is 4. The molecule has 152 valence electrons. The van der Waals surface area contributed by atoms with Crippen LogP contribution in [0.15, 0.2) is 24.3 Å². The Hall–Kier alpha value is -1.92. The van der Waals surface area contributed by atoms with E-state index in [1.807, 2.05) is 13.1 Å². The van der Waals surface area contributed by atoms with Gasteiger partial charge in [0.1, 0.15) is 6.10 Å². The molecular formula is C22H31N3O3. The minimum atomic E-state index is -0.341. The van der Waals surface area contributed by atoms with Crippen LogP contribution in [0.1, 0.15) is 49.3 Å². The molecule has 1 aromatic rings. The number of ether oxygens (including phenoxy) is 1. The van der Waals surface area contributed by atoms with Gasteiger partial charge in [-0.3, -0.25) is 14.5 Å². The number of piperazine rings is 1. The van der Waals surface area contributed by atoms with Crippen LogP contribution in [0, 0.1) is 0 Å². The molecule has 1 saturated heterocycles. The monoisotopic (exact) mass is 385 g/mol. The third-order valence-electron chi connectivity index (χ3n) is 6.49. The number of fused-ring (bicyclic) bond motifs is 1. The molecule has 28 heavy (non-hydrogen) atoms. The Kier molecular flexibility index (Phi) is 5.97. The highest BCUT2D eigenvalue weighted by molar-refractivity contribution is 5.88. The molecule has 0 radical (unpaired) electrons. The summed E-state index contributed by atoms with van der Waals surface area (Å²) >= 11 is 0. The molecule has 2 heterocycles. The van der Waals surface area contributed by atoms with Gasteiger partial charge >= 0.3 is 0 Å². The van der Waals surface area contributed by atoms with Crippen molar-refractivity contribution in [2.45, 2.75) is 56.7 Å². The Bertz CT molecular complexity index is 717. The van der Waals surface area contributed by atoms with E-state index in [4.69, 9.17) is 4.74 Å². The summed E-state index contributed by atoms with van der Waals surface area (Å²) in [6, 6.07) is 8.41. The standard InChI is InChI=1S/C22H31N3O3/c1-24(15-20-18-9-5-2-6-16(18)10-13-28-20)21(26)14-19-22(27)23-11-12-25(19)17-7-3-4-8-17/h2,5-6,9,17,19-20H,3-4,7-8,10-15H2,1H3,(H,23,27)/t19-,20-/m1/s1. The molecule has 1 aromatic carbocycles. The lowest BCUT2D eigenvalue weighted by Crippen LogP contribution is -2.59. The molecule has 6 nitrogen and oxygen atoms in total. The molecule has 2 fully saturated rings. The normalized spacial score (nSPS) is 26.0. The van der Waals surface area contributed by atoms with E-state index in [0.29, 0.717) is 25.7 Å².